The molecule has 0 bridgehead atoms. The van der Waals surface area contributed by atoms with Crippen LogP contribution in [0.3, 0.4) is 0 Å². The summed E-state index contributed by atoms with van der Waals surface area (Å²) in [6.45, 7) is 3.85. The Morgan fingerprint density at radius 1 is 1.22 bits per heavy atom. The number of rotatable bonds is 3. The first-order valence-electron chi connectivity index (χ1n) is 7.36. The molecule has 0 atom stereocenters. The first-order valence-corrected chi connectivity index (χ1v) is 7.36. The Balaban J connectivity index is 1.94. The Bertz CT molecular complexity index is 882. The zero-order valence-corrected chi connectivity index (χ0v) is 13.7. The van der Waals surface area contributed by atoms with Crippen molar-refractivity contribution in [1.29, 1.82) is 0 Å². The largest absolute Gasteiger partial charge is 0.378 e. The smallest absolute Gasteiger partial charge is 0.261 e. The molecular weight excluding hydrogens is 290 g/mol. The van der Waals surface area contributed by atoms with Crippen molar-refractivity contribution < 1.29 is 4.79 Å². The highest BCUT2D eigenvalue weighted by molar-refractivity contribution is 6.08. The van der Waals surface area contributed by atoms with Gasteiger partial charge in [0.05, 0.1) is 6.20 Å². The summed E-state index contributed by atoms with van der Waals surface area (Å²) >= 11 is 0. The molecule has 0 aliphatic heterocycles. The first-order chi connectivity index (χ1) is 11.0. The lowest BCUT2D eigenvalue weighted by atomic mass is 10.2. The molecule has 2 heterocycles. The van der Waals surface area contributed by atoms with E-state index < -0.39 is 0 Å². The zero-order valence-electron chi connectivity index (χ0n) is 13.7. The average Bonchev–Trinajstić information content (AvgIpc) is 2.91. The molecule has 0 saturated carbocycles. The van der Waals surface area contributed by atoms with Crippen molar-refractivity contribution in [2.75, 3.05) is 24.3 Å². The van der Waals surface area contributed by atoms with E-state index in [4.69, 9.17) is 0 Å². The molecule has 6 nitrogen and oxygen atoms in total. The summed E-state index contributed by atoms with van der Waals surface area (Å²) in [6, 6.07) is 9.61. The second kappa shape index (κ2) is 5.72. The molecule has 0 aliphatic rings. The quantitative estimate of drug-likeness (QED) is 0.808. The van der Waals surface area contributed by atoms with E-state index in [0.717, 1.165) is 22.8 Å². The number of nitrogens with zero attached hydrogens (tertiary/aromatic N) is 4. The highest BCUT2D eigenvalue weighted by Gasteiger charge is 2.15. The SMILES string of the molecule is Cc1cc(C)n2ncc(C(=O)Nc3cccc(N(C)C)c3)c2n1. The maximum absolute atomic E-state index is 12.6. The van der Waals surface area contributed by atoms with Crippen LogP contribution < -0.4 is 10.2 Å². The molecule has 0 fully saturated rings. The third-order valence-electron chi connectivity index (χ3n) is 3.64. The molecule has 0 radical (unpaired) electrons. The van der Waals surface area contributed by atoms with Gasteiger partial charge in [-0.2, -0.15) is 5.10 Å². The second-order valence-electron chi connectivity index (χ2n) is 5.73. The lowest BCUT2D eigenvalue weighted by Crippen LogP contribution is -2.14. The van der Waals surface area contributed by atoms with E-state index >= 15 is 0 Å². The van der Waals surface area contributed by atoms with Gasteiger partial charge in [-0.1, -0.05) is 6.07 Å². The Hall–Kier alpha value is -2.89. The third-order valence-corrected chi connectivity index (χ3v) is 3.64. The summed E-state index contributed by atoms with van der Waals surface area (Å²) in [5, 5.41) is 7.16. The monoisotopic (exact) mass is 309 g/mol. The van der Waals surface area contributed by atoms with Crippen LogP contribution in [0.1, 0.15) is 21.7 Å². The average molecular weight is 309 g/mol. The van der Waals surface area contributed by atoms with Gasteiger partial charge in [0.1, 0.15) is 5.56 Å². The van der Waals surface area contributed by atoms with Crippen molar-refractivity contribution in [1.82, 2.24) is 14.6 Å². The molecule has 1 N–H and O–H groups in total. The van der Waals surface area contributed by atoms with Crippen LogP contribution in [0.4, 0.5) is 11.4 Å². The van der Waals surface area contributed by atoms with Crippen LogP contribution in [-0.2, 0) is 0 Å². The number of aryl methyl sites for hydroxylation is 2. The number of amides is 1. The molecule has 1 aromatic carbocycles. The molecular formula is C17H19N5O. The molecule has 23 heavy (non-hydrogen) atoms. The van der Waals surface area contributed by atoms with Crippen LogP contribution in [0.5, 0.6) is 0 Å². The van der Waals surface area contributed by atoms with Gasteiger partial charge < -0.3 is 10.2 Å². The fourth-order valence-corrected chi connectivity index (χ4v) is 2.49. The zero-order chi connectivity index (χ0) is 16.6. The molecule has 0 aliphatic carbocycles. The van der Waals surface area contributed by atoms with Gasteiger partial charge in [-0.15, -0.1) is 0 Å². The number of nitrogens with one attached hydrogen (secondary N) is 1. The van der Waals surface area contributed by atoms with E-state index in [0.29, 0.717) is 11.2 Å². The van der Waals surface area contributed by atoms with E-state index in [9.17, 15) is 4.79 Å². The molecule has 3 aromatic rings. The van der Waals surface area contributed by atoms with Crippen LogP contribution in [0, 0.1) is 13.8 Å². The summed E-state index contributed by atoms with van der Waals surface area (Å²) < 4.78 is 1.68. The van der Waals surface area contributed by atoms with Crippen molar-refractivity contribution in [2.45, 2.75) is 13.8 Å². The van der Waals surface area contributed by atoms with Gasteiger partial charge >= 0.3 is 0 Å². The number of benzene rings is 1. The van der Waals surface area contributed by atoms with E-state index in [1.165, 1.54) is 0 Å². The van der Waals surface area contributed by atoms with Crippen molar-refractivity contribution >= 4 is 22.9 Å². The maximum atomic E-state index is 12.6. The molecule has 3 rings (SSSR count). The minimum absolute atomic E-state index is 0.214. The van der Waals surface area contributed by atoms with Gasteiger partial charge in [0.15, 0.2) is 5.65 Å². The lowest BCUT2D eigenvalue weighted by Gasteiger charge is -2.13. The molecule has 0 unspecified atom stereocenters. The van der Waals surface area contributed by atoms with Gasteiger partial charge in [0, 0.05) is 36.9 Å². The van der Waals surface area contributed by atoms with E-state index in [2.05, 4.69) is 15.4 Å². The van der Waals surface area contributed by atoms with Crippen molar-refractivity contribution in [2.24, 2.45) is 0 Å². The normalized spacial score (nSPS) is 10.8. The third kappa shape index (κ3) is 2.88. The number of hydrogen-bond donors (Lipinski definition) is 1. The van der Waals surface area contributed by atoms with Crippen molar-refractivity contribution in [3.05, 3.63) is 53.5 Å². The van der Waals surface area contributed by atoms with Gasteiger partial charge in [-0.05, 0) is 38.1 Å². The molecule has 2 aromatic heterocycles. The summed E-state index contributed by atoms with van der Waals surface area (Å²) in [6.07, 6.45) is 1.56. The summed E-state index contributed by atoms with van der Waals surface area (Å²) in [7, 11) is 3.92. The van der Waals surface area contributed by atoms with Gasteiger partial charge in [-0.3, -0.25) is 4.79 Å². The van der Waals surface area contributed by atoms with Crippen molar-refractivity contribution in [3.63, 3.8) is 0 Å². The van der Waals surface area contributed by atoms with Gasteiger partial charge in [0.2, 0.25) is 0 Å². The predicted molar refractivity (Wildman–Crippen MR) is 91.2 cm³/mol. The van der Waals surface area contributed by atoms with Crippen LogP contribution >= 0.6 is 0 Å². The summed E-state index contributed by atoms with van der Waals surface area (Å²) in [5.74, 6) is -0.214. The Kier molecular flexibility index (Phi) is 3.73. The Morgan fingerprint density at radius 3 is 2.74 bits per heavy atom. The Morgan fingerprint density at radius 2 is 2.00 bits per heavy atom. The summed E-state index contributed by atoms with van der Waals surface area (Å²) in [4.78, 5) is 19.0. The highest BCUT2D eigenvalue weighted by atomic mass is 16.1. The van der Waals surface area contributed by atoms with E-state index in [-0.39, 0.29) is 5.91 Å². The highest BCUT2D eigenvalue weighted by Crippen LogP contribution is 2.19. The number of aromatic nitrogens is 3. The number of hydrogen-bond acceptors (Lipinski definition) is 4. The minimum Gasteiger partial charge on any atom is -0.378 e. The fourth-order valence-electron chi connectivity index (χ4n) is 2.49. The number of carbonyl (C=O) groups is 1. The van der Waals surface area contributed by atoms with E-state index in [1.54, 1.807) is 10.7 Å². The van der Waals surface area contributed by atoms with Crippen LogP contribution in [0.15, 0.2) is 36.5 Å². The fraction of sp³-hybridized carbons (Fsp3) is 0.235. The van der Waals surface area contributed by atoms with Gasteiger partial charge in [-0.25, -0.2) is 9.50 Å². The number of fused-ring (bicyclic) bond motifs is 1. The van der Waals surface area contributed by atoms with E-state index in [1.807, 2.05) is 63.2 Å². The molecule has 118 valence electrons. The molecule has 1 amide bonds. The lowest BCUT2D eigenvalue weighted by molar-refractivity contribution is 0.102. The van der Waals surface area contributed by atoms with Crippen molar-refractivity contribution in [3.8, 4) is 0 Å². The standard InChI is InChI=1S/C17H19N5O/c1-11-8-12(2)22-16(19-11)15(10-18-22)17(23)20-13-6-5-7-14(9-13)21(3)4/h5-10H,1-4H3,(H,20,23). The number of carbonyl (C=O) groups excluding carboxylic acids is 1. The van der Waals surface area contributed by atoms with Crippen LogP contribution in [-0.4, -0.2) is 34.6 Å². The molecule has 6 heteroatoms. The topological polar surface area (TPSA) is 62.5 Å². The van der Waals surface area contributed by atoms with Crippen LogP contribution in [0.25, 0.3) is 5.65 Å². The number of anilines is 2. The molecule has 0 spiro atoms. The summed E-state index contributed by atoms with van der Waals surface area (Å²) in [5.41, 5.74) is 4.61. The molecule has 0 saturated heterocycles. The minimum atomic E-state index is -0.214. The van der Waals surface area contributed by atoms with Gasteiger partial charge in [0.25, 0.3) is 5.91 Å². The second-order valence-corrected chi connectivity index (χ2v) is 5.73. The maximum Gasteiger partial charge on any atom is 0.261 e. The van der Waals surface area contributed by atoms with Crippen LogP contribution in [0.2, 0.25) is 0 Å². The first kappa shape index (κ1) is 15.0. The predicted octanol–water partition coefficient (Wildman–Crippen LogP) is 2.66. The Labute approximate surface area is 134 Å².